The van der Waals surface area contributed by atoms with Crippen LogP contribution in [0.2, 0.25) is 0 Å². The zero-order chi connectivity index (χ0) is 25.4. The SMILES string of the molecule is C[C@@H](OCc1ccc(CCCOCCOCCBr)cc1)[C@H](CCC(N)=O)NC(=O)OC(C)(C)C. The molecule has 1 rings (SSSR count). The van der Waals surface area contributed by atoms with E-state index in [0.29, 0.717) is 39.5 Å². The van der Waals surface area contributed by atoms with Crippen molar-refractivity contribution >= 4 is 27.9 Å². The molecule has 9 heteroatoms. The number of amides is 2. The first-order valence-electron chi connectivity index (χ1n) is 11.8. The molecule has 0 unspecified atom stereocenters. The van der Waals surface area contributed by atoms with E-state index < -0.39 is 23.6 Å². The van der Waals surface area contributed by atoms with Crippen LogP contribution in [0.5, 0.6) is 0 Å². The molecule has 34 heavy (non-hydrogen) atoms. The number of nitrogens with two attached hydrogens (primary N) is 1. The molecular formula is C25H41BrN2O6. The van der Waals surface area contributed by atoms with Crippen LogP contribution in [-0.2, 0) is 36.8 Å². The Morgan fingerprint density at radius 2 is 1.65 bits per heavy atom. The fraction of sp³-hybridized carbons (Fsp3) is 0.680. The van der Waals surface area contributed by atoms with Crippen molar-refractivity contribution in [2.75, 3.05) is 31.8 Å². The van der Waals surface area contributed by atoms with Crippen molar-refractivity contribution in [2.45, 2.75) is 77.7 Å². The maximum absolute atomic E-state index is 12.2. The Morgan fingerprint density at radius 1 is 1.03 bits per heavy atom. The summed E-state index contributed by atoms with van der Waals surface area (Å²) in [5, 5.41) is 3.65. The van der Waals surface area contributed by atoms with Crippen LogP contribution in [0.3, 0.4) is 0 Å². The lowest BCUT2D eigenvalue weighted by Crippen LogP contribution is -2.45. The molecule has 194 valence electrons. The second kappa shape index (κ2) is 16.9. The van der Waals surface area contributed by atoms with Crippen molar-refractivity contribution in [1.29, 1.82) is 0 Å². The van der Waals surface area contributed by atoms with Gasteiger partial charge in [-0.3, -0.25) is 4.79 Å². The molecule has 0 fully saturated rings. The number of ether oxygens (including phenoxy) is 4. The third-order valence-electron chi connectivity index (χ3n) is 4.85. The second-order valence-corrected chi connectivity index (χ2v) is 9.90. The van der Waals surface area contributed by atoms with E-state index in [-0.39, 0.29) is 12.5 Å². The van der Waals surface area contributed by atoms with Gasteiger partial charge in [0.05, 0.1) is 38.6 Å². The Hall–Kier alpha value is -1.68. The highest BCUT2D eigenvalue weighted by Crippen LogP contribution is 2.14. The molecule has 0 aliphatic carbocycles. The lowest BCUT2D eigenvalue weighted by molar-refractivity contribution is -0.118. The van der Waals surface area contributed by atoms with E-state index in [1.54, 1.807) is 20.8 Å². The van der Waals surface area contributed by atoms with Gasteiger partial charge < -0.3 is 30.0 Å². The van der Waals surface area contributed by atoms with Crippen molar-refractivity contribution in [2.24, 2.45) is 5.73 Å². The van der Waals surface area contributed by atoms with Crippen LogP contribution in [0.4, 0.5) is 4.79 Å². The number of alkyl halides is 1. The van der Waals surface area contributed by atoms with E-state index in [1.165, 1.54) is 5.56 Å². The Bertz CT molecular complexity index is 708. The molecule has 0 bridgehead atoms. The van der Waals surface area contributed by atoms with Crippen LogP contribution in [-0.4, -0.2) is 61.5 Å². The molecule has 0 saturated heterocycles. The lowest BCUT2D eigenvalue weighted by atomic mass is 10.1. The standard InChI is InChI=1S/C25H41BrN2O6/c1-19(22(11-12-23(27)29)28-24(30)34-25(2,3)4)33-18-21-9-7-20(8-10-21)6-5-14-31-16-17-32-15-13-26/h7-10,19,22H,5-6,11-18H2,1-4H3,(H2,27,29)(H,28,30)/t19-,22+/m1/s1. The summed E-state index contributed by atoms with van der Waals surface area (Å²) >= 11 is 3.32. The average molecular weight is 546 g/mol. The first kappa shape index (κ1) is 30.4. The number of hydrogen-bond acceptors (Lipinski definition) is 6. The summed E-state index contributed by atoms with van der Waals surface area (Å²) in [7, 11) is 0. The highest BCUT2D eigenvalue weighted by Gasteiger charge is 2.24. The molecule has 1 aromatic rings. The van der Waals surface area contributed by atoms with Gasteiger partial charge in [-0.05, 0) is 58.1 Å². The number of hydrogen-bond donors (Lipinski definition) is 2. The van der Waals surface area contributed by atoms with Crippen molar-refractivity contribution in [3.8, 4) is 0 Å². The lowest BCUT2D eigenvalue weighted by Gasteiger charge is -2.27. The maximum atomic E-state index is 12.2. The quantitative estimate of drug-likeness (QED) is 0.225. The highest BCUT2D eigenvalue weighted by atomic mass is 79.9. The molecule has 0 aliphatic rings. The van der Waals surface area contributed by atoms with Gasteiger partial charge >= 0.3 is 6.09 Å². The van der Waals surface area contributed by atoms with E-state index in [9.17, 15) is 9.59 Å². The number of carbonyl (C=O) groups is 2. The summed E-state index contributed by atoms with van der Waals surface area (Å²) < 4.78 is 22.2. The number of aryl methyl sites for hydroxylation is 1. The number of primary amides is 1. The summed E-state index contributed by atoms with van der Waals surface area (Å²) in [6, 6.07) is 7.86. The maximum Gasteiger partial charge on any atom is 0.407 e. The first-order chi connectivity index (χ1) is 16.1. The molecule has 1 aromatic carbocycles. The van der Waals surface area contributed by atoms with Crippen LogP contribution in [0.15, 0.2) is 24.3 Å². The van der Waals surface area contributed by atoms with Crippen LogP contribution in [0, 0.1) is 0 Å². The summed E-state index contributed by atoms with van der Waals surface area (Å²) in [6.45, 7) is 10.3. The Kier molecular flexibility index (Phi) is 15.1. The Labute approximate surface area is 212 Å². The van der Waals surface area contributed by atoms with Gasteiger partial charge in [-0.25, -0.2) is 4.79 Å². The average Bonchev–Trinajstić information content (AvgIpc) is 2.76. The largest absolute Gasteiger partial charge is 0.444 e. The van der Waals surface area contributed by atoms with Crippen molar-refractivity contribution in [3.63, 3.8) is 0 Å². The smallest absolute Gasteiger partial charge is 0.407 e. The van der Waals surface area contributed by atoms with E-state index in [0.717, 1.165) is 23.7 Å². The zero-order valence-electron chi connectivity index (χ0n) is 20.9. The van der Waals surface area contributed by atoms with E-state index in [1.807, 2.05) is 19.1 Å². The van der Waals surface area contributed by atoms with E-state index in [2.05, 4.69) is 33.4 Å². The van der Waals surface area contributed by atoms with Gasteiger partial charge in [-0.15, -0.1) is 0 Å². The van der Waals surface area contributed by atoms with Crippen LogP contribution in [0.1, 0.15) is 58.1 Å². The molecule has 0 heterocycles. The normalized spacial score (nSPS) is 13.3. The molecule has 2 atom stereocenters. The third-order valence-corrected chi connectivity index (χ3v) is 5.18. The van der Waals surface area contributed by atoms with Crippen LogP contribution >= 0.6 is 15.9 Å². The van der Waals surface area contributed by atoms with Crippen LogP contribution < -0.4 is 11.1 Å². The topological polar surface area (TPSA) is 109 Å². The Morgan fingerprint density at radius 3 is 2.24 bits per heavy atom. The van der Waals surface area contributed by atoms with Gasteiger partial charge in [0.25, 0.3) is 0 Å². The fourth-order valence-corrected chi connectivity index (χ4v) is 3.31. The van der Waals surface area contributed by atoms with Gasteiger partial charge in [-0.2, -0.15) is 0 Å². The van der Waals surface area contributed by atoms with Crippen molar-refractivity contribution in [3.05, 3.63) is 35.4 Å². The highest BCUT2D eigenvalue weighted by molar-refractivity contribution is 9.09. The summed E-state index contributed by atoms with van der Waals surface area (Å²) in [4.78, 5) is 23.4. The number of alkyl carbamates (subject to hydrolysis) is 1. The van der Waals surface area contributed by atoms with Gasteiger partial charge in [0.2, 0.25) is 5.91 Å². The zero-order valence-corrected chi connectivity index (χ0v) is 22.5. The van der Waals surface area contributed by atoms with Gasteiger partial charge in [-0.1, -0.05) is 40.2 Å². The molecule has 8 nitrogen and oxygen atoms in total. The minimum atomic E-state index is -0.613. The van der Waals surface area contributed by atoms with Gasteiger partial charge in [0.15, 0.2) is 0 Å². The minimum Gasteiger partial charge on any atom is -0.444 e. The Balaban J connectivity index is 2.43. The number of halogens is 1. The van der Waals surface area contributed by atoms with Gasteiger partial charge in [0, 0.05) is 18.4 Å². The second-order valence-electron chi connectivity index (χ2n) is 9.11. The van der Waals surface area contributed by atoms with Crippen molar-refractivity contribution < 1.29 is 28.5 Å². The molecule has 3 N–H and O–H groups in total. The predicted octanol–water partition coefficient (Wildman–Crippen LogP) is 4.11. The molecule has 0 spiro atoms. The van der Waals surface area contributed by atoms with E-state index in [4.69, 9.17) is 24.7 Å². The number of carbonyl (C=O) groups excluding carboxylic acids is 2. The molecular weight excluding hydrogens is 504 g/mol. The number of benzene rings is 1. The molecule has 0 saturated carbocycles. The fourth-order valence-electron chi connectivity index (χ4n) is 3.08. The third kappa shape index (κ3) is 15.3. The first-order valence-corrected chi connectivity index (χ1v) is 12.9. The molecule has 0 aromatic heterocycles. The molecule has 0 radical (unpaired) electrons. The number of nitrogens with one attached hydrogen (secondary N) is 1. The monoisotopic (exact) mass is 544 g/mol. The summed E-state index contributed by atoms with van der Waals surface area (Å²) in [5.74, 6) is -0.424. The molecule has 2 amide bonds. The van der Waals surface area contributed by atoms with Crippen molar-refractivity contribution in [1.82, 2.24) is 5.32 Å². The minimum absolute atomic E-state index is 0.149. The van der Waals surface area contributed by atoms with Crippen LogP contribution in [0.25, 0.3) is 0 Å². The predicted molar refractivity (Wildman–Crippen MR) is 136 cm³/mol. The summed E-state index contributed by atoms with van der Waals surface area (Å²) in [5.41, 5.74) is 6.94. The van der Waals surface area contributed by atoms with E-state index >= 15 is 0 Å². The summed E-state index contributed by atoms with van der Waals surface area (Å²) in [6.07, 6.45) is 1.54. The number of rotatable bonds is 17. The van der Waals surface area contributed by atoms with Gasteiger partial charge in [0.1, 0.15) is 5.60 Å². The molecule has 0 aliphatic heterocycles.